The Morgan fingerprint density at radius 3 is 2.00 bits per heavy atom. The molecule has 0 radical (unpaired) electrons. The van der Waals surface area contributed by atoms with E-state index in [4.69, 9.17) is 0 Å². The number of hydrogen-bond donors (Lipinski definition) is 0. The summed E-state index contributed by atoms with van der Waals surface area (Å²) in [6.07, 6.45) is 6.47. The average molecular weight is 180 g/mol. The topological polar surface area (TPSA) is 17.1 Å². The quantitative estimate of drug-likeness (QED) is 0.466. The number of allylic oxidation sites excluding steroid dienone is 4. The fourth-order valence-electron chi connectivity index (χ4n) is 0.973. The zero-order valence-corrected chi connectivity index (χ0v) is 9.18. The largest absolute Gasteiger partial charge is 0.295 e. The number of carbonyl (C=O) groups is 1. The second kappa shape index (κ2) is 6.64. The standard InChI is InChI=1S/C12H20O/c1-5-10(4)8-11(6-2)9-12(13)7-3/h8-9H,5-7H2,1-4H3/b10-8+,11-9+. The monoisotopic (exact) mass is 180 g/mol. The van der Waals surface area contributed by atoms with E-state index in [1.807, 2.05) is 6.92 Å². The van der Waals surface area contributed by atoms with Crippen molar-refractivity contribution in [3.63, 3.8) is 0 Å². The van der Waals surface area contributed by atoms with E-state index < -0.39 is 0 Å². The molecule has 0 aliphatic heterocycles. The van der Waals surface area contributed by atoms with E-state index in [0.29, 0.717) is 6.42 Å². The zero-order valence-electron chi connectivity index (χ0n) is 9.18. The molecule has 0 aromatic heterocycles. The van der Waals surface area contributed by atoms with Crippen molar-refractivity contribution in [3.05, 3.63) is 23.3 Å². The first-order valence-electron chi connectivity index (χ1n) is 5.04. The van der Waals surface area contributed by atoms with Crippen molar-refractivity contribution in [2.45, 2.75) is 47.0 Å². The Labute approximate surface area is 81.5 Å². The molecule has 1 nitrogen and oxygen atoms in total. The Morgan fingerprint density at radius 1 is 1.00 bits per heavy atom. The van der Waals surface area contributed by atoms with Crippen molar-refractivity contribution in [1.82, 2.24) is 0 Å². The third-order valence-corrected chi connectivity index (χ3v) is 2.09. The van der Waals surface area contributed by atoms with Crippen molar-refractivity contribution in [2.24, 2.45) is 0 Å². The summed E-state index contributed by atoms with van der Waals surface area (Å²) in [5, 5.41) is 0. The maximum atomic E-state index is 11.1. The highest BCUT2D eigenvalue weighted by atomic mass is 16.1. The number of rotatable bonds is 5. The van der Waals surface area contributed by atoms with E-state index in [1.165, 1.54) is 5.57 Å². The third-order valence-electron chi connectivity index (χ3n) is 2.09. The van der Waals surface area contributed by atoms with Crippen LogP contribution in [0.4, 0.5) is 0 Å². The van der Waals surface area contributed by atoms with Crippen molar-refractivity contribution < 1.29 is 4.79 Å². The maximum Gasteiger partial charge on any atom is 0.155 e. The van der Waals surface area contributed by atoms with Gasteiger partial charge >= 0.3 is 0 Å². The van der Waals surface area contributed by atoms with Gasteiger partial charge in [-0.3, -0.25) is 4.79 Å². The van der Waals surface area contributed by atoms with Gasteiger partial charge in [0.15, 0.2) is 5.78 Å². The van der Waals surface area contributed by atoms with Gasteiger partial charge in [0.25, 0.3) is 0 Å². The van der Waals surface area contributed by atoms with E-state index in [1.54, 1.807) is 6.08 Å². The molecule has 0 saturated heterocycles. The van der Waals surface area contributed by atoms with Crippen LogP contribution in [0, 0.1) is 0 Å². The molecule has 0 aromatic carbocycles. The molecule has 0 rings (SSSR count). The minimum absolute atomic E-state index is 0.219. The first-order chi connectivity index (χ1) is 6.13. The Hall–Kier alpha value is -0.850. The molecule has 0 fully saturated rings. The van der Waals surface area contributed by atoms with Crippen LogP contribution in [-0.4, -0.2) is 5.78 Å². The van der Waals surface area contributed by atoms with Gasteiger partial charge in [-0.15, -0.1) is 0 Å². The van der Waals surface area contributed by atoms with Gasteiger partial charge in [0, 0.05) is 6.42 Å². The molecule has 0 unspecified atom stereocenters. The summed E-state index contributed by atoms with van der Waals surface area (Å²) < 4.78 is 0. The summed E-state index contributed by atoms with van der Waals surface area (Å²) >= 11 is 0. The minimum atomic E-state index is 0.219. The molecular weight excluding hydrogens is 160 g/mol. The van der Waals surface area contributed by atoms with Gasteiger partial charge in [-0.25, -0.2) is 0 Å². The lowest BCUT2D eigenvalue weighted by Gasteiger charge is -1.99. The second-order valence-corrected chi connectivity index (χ2v) is 3.24. The van der Waals surface area contributed by atoms with Gasteiger partial charge in [-0.1, -0.05) is 32.4 Å². The van der Waals surface area contributed by atoms with Gasteiger partial charge in [0.1, 0.15) is 0 Å². The van der Waals surface area contributed by atoms with Crippen molar-refractivity contribution in [1.29, 1.82) is 0 Å². The van der Waals surface area contributed by atoms with E-state index in [2.05, 4.69) is 26.8 Å². The van der Waals surface area contributed by atoms with Crippen LogP contribution in [0.3, 0.4) is 0 Å². The van der Waals surface area contributed by atoms with Crippen LogP contribution < -0.4 is 0 Å². The summed E-state index contributed by atoms with van der Waals surface area (Å²) in [5.41, 5.74) is 2.48. The fourth-order valence-corrected chi connectivity index (χ4v) is 0.973. The maximum absolute atomic E-state index is 11.1. The zero-order chi connectivity index (χ0) is 10.3. The summed E-state index contributed by atoms with van der Waals surface area (Å²) in [5.74, 6) is 0.219. The number of carbonyl (C=O) groups excluding carboxylic acids is 1. The highest BCUT2D eigenvalue weighted by Crippen LogP contribution is 2.09. The van der Waals surface area contributed by atoms with Crippen molar-refractivity contribution in [3.8, 4) is 0 Å². The molecule has 13 heavy (non-hydrogen) atoms. The van der Waals surface area contributed by atoms with Crippen LogP contribution in [0.2, 0.25) is 0 Å². The lowest BCUT2D eigenvalue weighted by Crippen LogP contribution is -1.91. The Kier molecular flexibility index (Phi) is 6.21. The van der Waals surface area contributed by atoms with Crippen LogP contribution in [-0.2, 0) is 4.79 Å². The molecule has 0 aliphatic carbocycles. The summed E-state index contributed by atoms with van der Waals surface area (Å²) in [4.78, 5) is 11.1. The molecule has 0 spiro atoms. The SMILES string of the molecule is CCC(=O)/C=C(/C=C(\C)CC)CC. The summed E-state index contributed by atoms with van der Waals surface area (Å²) in [6.45, 7) is 8.19. The smallest absolute Gasteiger partial charge is 0.155 e. The van der Waals surface area contributed by atoms with Gasteiger partial charge in [0.05, 0.1) is 0 Å². The number of ketones is 1. The van der Waals surface area contributed by atoms with Crippen LogP contribution >= 0.6 is 0 Å². The first-order valence-corrected chi connectivity index (χ1v) is 5.04. The first kappa shape index (κ1) is 12.2. The Morgan fingerprint density at radius 2 is 1.62 bits per heavy atom. The summed E-state index contributed by atoms with van der Waals surface area (Å²) in [6, 6.07) is 0. The van der Waals surface area contributed by atoms with Crippen LogP contribution in [0.1, 0.15) is 47.0 Å². The van der Waals surface area contributed by atoms with E-state index >= 15 is 0 Å². The van der Waals surface area contributed by atoms with Gasteiger partial charge in [-0.2, -0.15) is 0 Å². The van der Waals surface area contributed by atoms with Gasteiger partial charge in [-0.05, 0) is 31.4 Å². The van der Waals surface area contributed by atoms with Crippen LogP contribution in [0.25, 0.3) is 0 Å². The lowest BCUT2D eigenvalue weighted by molar-refractivity contribution is -0.114. The highest BCUT2D eigenvalue weighted by molar-refractivity contribution is 5.90. The van der Waals surface area contributed by atoms with E-state index in [9.17, 15) is 4.79 Å². The molecule has 0 amide bonds. The summed E-state index contributed by atoms with van der Waals surface area (Å²) in [7, 11) is 0. The lowest BCUT2D eigenvalue weighted by atomic mass is 10.1. The van der Waals surface area contributed by atoms with E-state index in [-0.39, 0.29) is 5.78 Å². The Bertz CT molecular complexity index is 221. The van der Waals surface area contributed by atoms with Crippen molar-refractivity contribution >= 4 is 5.78 Å². The van der Waals surface area contributed by atoms with Crippen LogP contribution in [0.15, 0.2) is 23.3 Å². The molecular formula is C12H20O. The molecule has 0 bridgehead atoms. The highest BCUT2D eigenvalue weighted by Gasteiger charge is 1.95. The van der Waals surface area contributed by atoms with Crippen LogP contribution in [0.5, 0.6) is 0 Å². The molecule has 0 saturated carbocycles. The predicted molar refractivity (Wildman–Crippen MR) is 57.7 cm³/mol. The normalized spacial score (nSPS) is 13.2. The molecule has 0 N–H and O–H groups in total. The van der Waals surface area contributed by atoms with E-state index in [0.717, 1.165) is 18.4 Å². The second-order valence-electron chi connectivity index (χ2n) is 3.24. The minimum Gasteiger partial charge on any atom is -0.295 e. The Balaban J connectivity index is 4.51. The third kappa shape index (κ3) is 5.40. The molecule has 74 valence electrons. The van der Waals surface area contributed by atoms with Gasteiger partial charge in [0.2, 0.25) is 0 Å². The molecule has 0 heterocycles. The molecule has 0 atom stereocenters. The number of hydrogen-bond acceptors (Lipinski definition) is 1. The molecule has 0 aromatic rings. The fraction of sp³-hybridized carbons (Fsp3) is 0.583. The molecule has 0 aliphatic rings. The van der Waals surface area contributed by atoms with Crippen molar-refractivity contribution in [2.75, 3.05) is 0 Å². The average Bonchev–Trinajstić information content (AvgIpc) is 2.16. The van der Waals surface area contributed by atoms with Gasteiger partial charge < -0.3 is 0 Å². The predicted octanol–water partition coefficient (Wildman–Crippen LogP) is 3.66. The molecule has 1 heteroatoms.